The predicted octanol–water partition coefficient (Wildman–Crippen LogP) is 0.782. The lowest BCUT2D eigenvalue weighted by atomic mass is 10.1. The molecule has 0 heterocycles. The lowest BCUT2D eigenvalue weighted by Gasteiger charge is -2.21. The molecule has 2 aromatic carbocycles. The minimum Gasteiger partial charge on any atom is -0.478 e. The Hall–Kier alpha value is -3.72. The first kappa shape index (κ1) is 21.3. The van der Waals surface area contributed by atoms with Gasteiger partial charge >= 0.3 is 23.9 Å². The van der Waals surface area contributed by atoms with Crippen LogP contribution in [0.2, 0.25) is 0 Å². The van der Waals surface area contributed by atoms with Gasteiger partial charge in [0, 0.05) is 0 Å². The fourth-order valence-corrected chi connectivity index (χ4v) is 2.00. The Morgan fingerprint density at radius 3 is 1.19 bits per heavy atom. The zero-order valence-electron chi connectivity index (χ0n) is 13.8. The molecule has 0 aliphatic rings. The number of ether oxygens (including phenoxy) is 2. The van der Waals surface area contributed by atoms with E-state index in [1.54, 1.807) is 12.1 Å². The molecule has 9 nitrogen and oxygen atoms in total. The van der Waals surface area contributed by atoms with Crippen molar-refractivity contribution in [3.8, 4) is 0 Å². The summed E-state index contributed by atoms with van der Waals surface area (Å²) in [5.74, 6) is -5.63. The van der Waals surface area contributed by atoms with Crippen LogP contribution in [-0.2, 0) is 19.1 Å². The molecule has 2 rings (SSSR count). The van der Waals surface area contributed by atoms with Crippen LogP contribution in [0, 0.1) is 0 Å². The van der Waals surface area contributed by atoms with E-state index in [4.69, 9.17) is 9.47 Å². The quantitative estimate of drug-likeness (QED) is 0.671. The minimum atomic E-state index is -2.21. The maximum Gasteiger partial charge on any atom is 0.349 e. The van der Waals surface area contributed by atoms with Crippen molar-refractivity contribution in [3.05, 3.63) is 71.8 Å². The number of benzene rings is 2. The molecule has 27 heavy (non-hydrogen) atoms. The van der Waals surface area contributed by atoms with Gasteiger partial charge in [0.15, 0.2) is 0 Å². The van der Waals surface area contributed by atoms with Crippen LogP contribution in [-0.4, -0.2) is 51.8 Å². The monoisotopic (exact) mass is 376 g/mol. The van der Waals surface area contributed by atoms with Gasteiger partial charge in [0.05, 0.1) is 11.1 Å². The maximum atomic E-state index is 12.0. The Morgan fingerprint density at radius 1 is 0.630 bits per heavy atom. The van der Waals surface area contributed by atoms with Crippen molar-refractivity contribution in [2.24, 2.45) is 0 Å². The van der Waals surface area contributed by atoms with Gasteiger partial charge in [-0.15, -0.1) is 0 Å². The number of hydrogen-bond donors (Lipinski definition) is 2. The Morgan fingerprint density at radius 2 is 0.926 bits per heavy atom. The SMILES string of the molecule is O.O=C(O[C@H](C(=O)O)[C@@H](OC(=O)c1ccccc1)C(=O)O)c1ccccc1. The van der Waals surface area contributed by atoms with Gasteiger partial charge in [-0.05, 0) is 24.3 Å². The van der Waals surface area contributed by atoms with E-state index in [2.05, 4.69) is 0 Å². The zero-order chi connectivity index (χ0) is 19.1. The number of carboxylic acid groups (broad SMARTS) is 2. The van der Waals surface area contributed by atoms with Crippen molar-refractivity contribution in [2.75, 3.05) is 0 Å². The molecule has 0 aliphatic heterocycles. The number of carboxylic acids is 2. The normalized spacial score (nSPS) is 12.0. The summed E-state index contributed by atoms with van der Waals surface area (Å²) in [5.41, 5.74) is 0.0505. The molecule has 0 saturated heterocycles. The largest absolute Gasteiger partial charge is 0.478 e. The van der Waals surface area contributed by atoms with Crippen LogP contribution < -0.4 is 0 Å². The molecule has 4 N–H and O–H groups in total. The lowest BCUT2D eigenvalue weighted by Crippen LogP contribution is -2.45. The third kappa shape index (κ3) is 5.65. The highest BCUT2D eigenvalue weighted by atomic mass is 16.6. The molecule has 2 atom stereocenters. The molecular formula is C18H16O9. The molecule has 9 heteroatoms. The fraction of sp³-hybridized carbons (Fsp3) is 0.111. The van der Waals surface area contributed by atoms with Gasteiger partial charge in [-0.2, -0.15) is 0 Å². The maximum absolute atomic E-state index is 12.0. The van der Waals surface area contributed by atoms with E-state index in [-0.39, 0.29) is 16.6 Å². The Bertz CT molecular complexity index is 733. The first-order valence-electron chi connectivity index (χ1n) is 7.38. The molecule has 0 fully saturated rings. The second-order valence-electron chi connectivity index (χ2n) is 5.06. The van der Waals surface area contributed by atoms with Crippen LogP contribution in [0.4, 0.5) is 0 Å². The van der Waals surface area contributed by atoms with Gasteiger partial charge in [-0.3, -0.25) is 0 Å². The van der Waals surface area contributed by atoms with Crippen molar-refractivity contribution in [1.29, 1.82) is 0 Å². The molecule has 0 aromatic heterocycles. The van der Waals surface area contributed by atoms with Gasteiger partial charge in [-0.25, -0.2) is 19.2 Å². The average molecular weight is 376 g/mol. The van der Waals surface area contributed by atoms with Crippen molar-refractivity contribution in [1.82, 2.24) is 0 Å². The standard InChI is InChI=1S/C18H14O8.H2O/c19-15(20)13(25-17(23)11-7-3-1-4-8-11)14(16(21)22)26-18(24)12-9-5-2-6-10-12;/h1-10,13-14H,(H,19,20)(H,21,22);1H2/t13-,14+;. The van der Waals surface area contributed by atoms with E-state index >= 15 is 0 Å². The highest BCUT2D eigenvalue weighted by Gasteiger charge is 2.40. The molecule has 0 saturated carbocycles. The second kappa shape index (κ2) is 9.68. The molecule has 0 aliphatic carbocycles. The lowest BCUT2D eigenvalue weighted by molar-refractivity contribution is -0.166. The van der Waals surface area contributed by atoms with Crippen LogP contribution in [0.3, 0.4) is 0 Å². The van der Waals surface area contributed by atoms with Crippen LogP contribution in [0.5, 0.6) is 0 Å². The summed E-state index contributed by atoms with van der Waals surface area (Å²) in [7, 11) is 0. The summed E-state index contributed by atoms with van der Waals surface area (Å²) in [6.45, 7) is 0. The summed E-state index contributed by atoms with van der Waals surface area (Å²) < 4.78 is 9.52. The smallest absolute Gasteiger partial charge is 0.349 e. The summed E-state index contributed by atoms with van der Waals surface area (Å²) in [6.07, 6.45) is -4.43. The third-order valence-electron chi connectivity index (χ3n) is 3.25. The van der Waals surface area contributed by atoms with E-state index in [0.29, 0.717) is 0 Å². The Labute approximate surface area is 153 Å². The third-order valence-corrected chi connectivity index (χ3v) is 3.25. The first-order chi connectivity index (χ1) is 12.4. The van der Waals surface area contributed by atoms with Gasteiger partial charge < -0.3 is 25.2 Å². The van der Waals surface area contributed by atoms with E-state index < -0.39 is 36.1 Å². The van der Waals surface area contributed by atoms with E-state index in [1.807, 2.05) is 0 Å². The van der Waals surface area contributed by atoms with Crippen LogP contribution in [0.1, 0.15) is 20.7 Å². The number of rotatable bonds is 7. The molecule has 0 radical (unpaired) electrons. The Kier molecular flexibility index (Phi) is 7.65. The van der Waals surface area contributed by atoms with E-state index in [9.17, 15) is 29.4 Å². The van der Waals surface area contributed by atoms with E-state index in [1.165, 1.54) is 48.5 Å². The molecule has 0 spiro atoms. The molecule has 0 bridgehead atoms. The van der Waals surface area contributed by atoms with Gasteiger partial charge in [0.1, 0.15) is 0 Å². The van der Waals surface area contributed by atoms with Crippen LogP contribution in [0.25, 0.3) is 0 Å². The van der Waals surface area contributed by atoms with Crippen LogP contribution in [0.15, 0.2) is 60.7 Å². The predicted molar refractivity (Wildman–Crippen MR) is 90.2 cm³/mol. The topological polar surface area (TPSA) is 159 Å². The van der Waals surface area contributed by atoms with Crippen molar-refractivity contribution in [2.45, 2.75) is 12.2 Å². The highest BCUT2D eigenvalue weighted by Crippen LogP contribution is 2.13. The summed E-state index contributed by atoms with van der Waals surface area (Å²) in [6, 6.07) is 14.8. The van der Waals surface area contributed by atoms with Gasteiger partial charge in [0.2, 0.25) is 12.2 Å². The summed E-state index contributed by atoms with van der Waals surface area (Å²) in [5, 5.41) is 18.5. The number of carbonyl (C=O) groups is 4. The number of esters is 2. The summed E-state index contributed by atoms with van der Waals surface area (Å²) >= 11 is 0. The first-order valence-corrected chi connectivity index (χ1v) is 7.38. The average Bonchev–Trinajstić information content (AvgIpc) is 2.65. The minimum absolute atomic E-state index is 0. The van der Waals surface area contributed by atoms with Gasteiger partial charge in [0.25, 0.3) is 0 Å². The van der Waals surface area contributed by atoms with E-state index in [0.717, 1.165) is 0 Å². The van der Waals surface area contributed by atoms with Crippen LogP contribution >= 0.6 is 0 Å². The Balaban J connectivity index is 0.00000364. The van der Waals surface area contributed by atoms with Gasteiger partial charge in [-0.1, -0.05) is 36.4 Å². The molecule has 0 unspecified atom stereocenters. The number of aliphatic carboxylic acids is 2. The van der Waals surface area contributed by atoms with Crippen molar-refractivity contribution in [3.63, 3.8) is 0 Å². The summed E-state index contributed by atoms with van der Waals surface area (Å²) in [4.78, 5) is 46.8. The second-order valence-corrected chi connectivity index (χ2v) is 5.06. The molecule has 142 valence electrons. The number of hydrogen-bond acceptors (Lipinski definition) is 6. The zero-order valence-corrected chi connectivity index (χ0v) is 13.8. The highest BCUT2D eigenvalue weighted by molar-refractivity contribution is 5.95. The molecule has 2 aromatic rings. The number of carbonyl (C=O) groups excluding carboxylic acids is 2. The molecule has 0 amide bonds. The van der Waals surface area contributed by atoms with Crippen molar-refractivity contribution >= 4 is 23.9 Å². The fourth-order valence-electron chi connectivity index (χ4n) is 2.00. The van der Waals surface area contributed by atoms with Crippen molar-refractivity contribution < 1.29 is 44.3 Å². The molecular weight excluding hydrogens is 360 g/mol.